The van der Waals surface area contributed by atoms with Crippen molar-refractivity contribution < 1.29 is 9.47 Å². The standard InChI is InChI=1S/C9H17NO2/c1-3-8(2)10-9-6-11-4-5-12-7-9/h3,8-10H,1,4-7H2,2H3. The van der Waals surface area contributed by atoms with Gasteiger partial charge in [0.15, 0.2) is 0 Å². The molecule has 0 aliphatic carbocycles. The molecule has 0 radical (unpaired) electrons. The Morgan fingerprint density at radius 2 is 2.00 bits per heavy atom. The Balaban J connectivity index is 2.24. The van der Waals surface area contributed by atoms with Gasteiger partial charge in [0, 0.05) is 6.04 Å². The molecule has 1 atom stereocenters. The summed E-state index contributed by atoms with van der Waals surface area (Å²) in [6.07, 6.45) is 1.88. The first kappa shape index (κ1) is 9.71. The van der Waals surface area contributed by atoms with Crippen LogP contribution >= 0.6 is 0 Å². The monoisotopic (exact) mass is 171 g/mol. The largest absolute Gasteiger partial charge is 0.377 e. The topological polar surface area (TPSA) is 30.5 Å². The van der Waals surface area contributed by atoms with Gasteiger partial charge in [0.25, 0.3) is 0 Å². The van der Waals surface area contributed by atoms with E-state index in [1.54, 1.807) is 0 Å². The highest BCUT2D eigenvalue weighted by atomic mass is 16.5. The molecule has 1 aliphatic heterocycles. The van der Waals surface area contributed by atoms with E-state index in [0.29, 0.717) is 25.3 Å². The summed E-state index contributed by atoms with van der Waals surface area (Å²) in [6.45, 7) is 8.66. The van der Waals surface area contributed by atoms with Crippen molar-refractivity contribution in [2.45, 2.75) is 19.0 Å². The fraction of sp³-hybridized carbons (Fsp3) is 0.778. The zero-order valence-electron chi connectivity index (χ0n) is 7.58. The van der Waals surface area contributed by atoms with Crippen molar-refractivity contribution in [2.75, 3.05) is 26.4 Å². The van der Waals surface area contributed by atoms with E-state index in [4.69, 9.17) is 9.47 Å². The number of rotatable bonds is 3. The third-order valence-electron chi connectivity index (χ3n) is 1.86. The minimum atomic E-state index is 0.306. The van der Waals surface area contributed by atoms with E-state index in [0.717, 1.165) is 13.2 Å². The summed E-state index contributed by atoms with van der Waals surface area (Å²) >= 11 is 0. The Labute approximate surface area is 73.7 Å². The Hall–Kier alpha value is -0.380. The lowest BCUT2D eigenvalue weighted by Crippen LogP contribution is -2.40. The highest BCUT2D eigenvalue weighted by Gasteiger charge is 2.13. The molecule has 70 valence electrons. The predicted molar refractivity (Wildman–Crippen MR) is 48.2 cm³/mol. The SMILES string of the molecule is C=CC(C)NC1COCCOC1. The first-order chi connectivity index (χ1) is 5.83. The summed E-state index contributed by atoms with van der Waals surface area (Å²) in [5, 5.41) is 3.34. The maximum atomic E-state index is 5.33. The summed E-state index contributed by atoms with van der Waals surface area (Å²) < 4.78 is 10.7. The predicted octanol–water partition coefficient (Wildman–Crippen LogP) is 0.566. The average Bonchev–Trinajstić information content (AvgIpc) is 2.33. The van der Waals surface area contributed by atoms with Gasteiger partial charge in [-0.3, -0.25) is 0 Å². The first-order valence-electron chi connectivity index (χ1n) is 4.37. The van der Waals surface area contributed by atoms with Gasteiger partial charge in [-0.2, -0.15) is 0 Å². The van der Waals surface area contributed by atoms with Gasteiger partial charge in [0.1, 0.15) is 0 Å². The van der Waals surface area contributed by atoms with Gasteiger partial charge in [-0.1, -0.05) is 6.08 Å². The van der Waals surface area contributed by atoms with Gasteiger partial charge in [0.05, 0.1) is 32.5 Å². The van der Waals surface area contributed by atoms with Crippen LogP contribution in [-0.4, -0.2) is 38.5 Å². The summed E-state index contributed by atoms with van der Waals surface area (Å²) in [5.74, 6) is 0. The van der Waals surface area contributed by atoms with Crippen LogP contribution in [0.25, 0.3) is 0 Å². The van der Waals surface area contributed by atoms with Crippen LogP contribution in [0, 0.1) is 0 Å². The summed E-state index contributed by atoms with van der Waals surface area (Å²) in [7, 11) is 0. The highest BCUT2D eigenvalue weighted by molar-refractivity contribution is 4.84. The van der Waals surface area contributed by atoms with Gasteiger partial charge < -0.3 is 14.8 Å². The fourth-order valence-electron chi connectivity index (χ4n) is 1.15. The van der Waals surface area contributed by atoms with Crippen LogP contribution in [-0.2, 0) is 9.47 Å². The molecule has 3 heteroatoms. The van der Waals surface area contributed by atoms with Crippen LogP contribution < -0.4 is 5.32 Å². The maximum Gasteiger partial charge on any atom is 0.0701 e. The molecule has 0 aromatic rings. The number of nitrogens with one attached hydrogen (secondary N) is 1. The fourth-order valence-corrected chi connectivity index (χ4v) is 1.15. The zero-order valence-corrected chi connectivity index (χ0v) is 7.58. The second-order valence-corrected chi connectivity index (χ2v) is 3.04. The van der Waals surface area contributed by atoms with Gasteiger partial charge in [-0.15, -0.1) is 6.58 Å². The third kappa shape index (κ3) is 3.34. The van der Waals surface area contributed by atoms with Crippen molar-refractivity contribution in [1.82, 2.24) is 5.32 Å². The van der Waals surface area contributed by atoms with E-state index in [9.17, 15) is 0 Å². The van der Waals surface area contributed by atoms with Crippen LogP contribution in [0.2, 0.25) is 0 Å². The highest BCUT2D eigenvalue weighted by Crippen LogP contribution is 1.96. The molecule has 1 heterocycles. The second-order valence-electron chi connectivity index (χ2n) is 3.04. The van der Waals surface area contributed by atoms with Gasteiger partial charge in [-0.05, 0) is 6.92 Å². The first-order valence-corrected chi connectivity index (χ1v) is 4.37. The van der Waals surface area contributed by atoms with E-state index < -0.39 is 0 Å². The van der Waals surface area contributed by atoms with E-state index in [2.05, 4.69) is 18.8 Å². The molecule has 1 N–H and O–H groups in total. The van der Waals surface area contributed by atoms with Crippen molar-refractivity contribution in [3.63, 3.8) is 0 Å². The van der Waals surface area contributed by atoms with Crippen LogP contribution in [0.1, 0.15) is 6.92 Å². The summed E-state index contributed by atoms with van der Waals surface area (Å²) in [4.78, 5) is 0. The van der Waals surface area contributed by atoms with Crippen molar-refractivity contribution in [1.29, 1.82) is 0 Å². The lowest BCUT2D eigenvalue weighted by atomic mass is 10.2. The van der Waals surface area contributed by atoms with E-state index in [1.807, 2.05) is 6.08 Å². The van der Waals surface area contributed by atoms with Crippen LogP contribution in [0.3, 0.4) is 0 Å². The normalized spacial score (nSPS) is 23.1. The molecule has 0 spiro atoms. The second kappa shape index (κ2) is 5.30. The number of hydrogen-bond acceptors (Lipinski definition) is 3. The van der Waals surface area contributed by atoms with Crippen molar-refractivity contribution in [2.24, 2.45) is 0 Å². The zero-order chi connectivity index (χ0) is 8.81. The third-order valence-corrected chi connectivity index (χ3v) is 1.86. The van der Waals surface area contributed by atoms with Crippen molar-refractivity contribution in [3.8, 4) is 0 Å². The lowest BCUT2D eigenvalue weighted by Gasteiger charge is -2.18. The molecule has 3 nitrogen and oxygen atoms in total. The Morgan fingerprint density at radius 3 is 2.50 bits per heavy atom. The molecule has 1 unspecified atom stereocenters. The van der Waals surface area contributed by atoms with E-state index >= 15 is 0 Å². The Bertz CT molecular complexity index is 130. The molecule has 0 amide bonds. The minimum Gasteiger partial charge on any atom is -0.377 e. The molecule has 1 rings (SSSR count). The van der Waals surface area contributed by atoms with E-state index in [1.165, 1.54) is 0 Å². The Kier molecular flexibility index (Phi) is 4.29. The average molecular weight is 171 g/mol. The smallest absolute Gasteiger partial charge is 0.0701 e. The molecular weight excluding hydrogens is 154 g/mol. The van der Waals surface area contributed by atoms with Crippen molar-refractivity contribution in [3.05, 3.63) is 12.7 Å². The van der Waals surface area contributed by atoms with Crippen LogP contribution in [0.4, 0.5) is 0 Å². The summed E-state index contributed by atoms with van der Waals surface area (Å²) in [6, 6.07) is 0.626. The molecule has 0 saturated carbocycles. The lowest BCUT2D eigenvalue weighted by molar-refractivity contribution is 0.103. The molecule has 0 aromatic heterocycles. The molecule has 1 saturated heterocycles. The van der Waals surface area contributed by atoms with Crippen LogP contribution in [0.15, 0.2) is 12.7 Å². The van der Waals surface area contributed by atoms with Gasteiger partial charge in [0.2, 0.25) is 0 Å². The number of ether oxygens (including phenoxy) is 2. The van der Waals surface area contributed by atoms with Gasteiger partial charge >= 0.3 is 0 Å². The number of hydrogen-bond donors (Lipinski definition) is 1. The molecule has 1 fully saturated rings. The Morgan fingerprint density at radius 1 is 1.42 bits per heavy atom. The molecule has 1 aliphatic rings. The maximum absolute atomic E-state index is 5.33. The van der Waals surface area contributed by atoms with Crippen molar-refractivity contribution >= 4 is 0 Å². The molecule has 0 bridgehead atoms. The van der Waals surface area contributed by atoms with Crippen LogP contribution in [0.5, 0.6) is 0 Å². The minimum absolute atomic E-state index is 0.306. The molecular formula is C9H17NO2. The summed E-state index contributed by atoms with van der Waals surface area (Å²) in [5.41, 5.74) is 0. The molecule has 12 heavy (non-hydrogen) atoms. The van der Waals surface area contributed by atoms with Gasteiger partial charge in [-0.25, -0.2) is 0 Å². The quantitative estimate of drug-likeness (QED) is 0.630. The van der Waals surface area contributed by atoms with E-state index in [-0.39, 0.29) is 0 Å². The molecule has 0 aromatic carbocycles.